The van der Waals surface area contributed by atoms with Gasteiger partial charge in [0.05, 0.1) is 11.8 Å². The molecule has 5 heterocycles. The lowest BCUT2D eigenvalue weighted by Gasteiger charge is -2.51. The highest BCUT2D eigenvalue weighted by Gasteiger charge is 2.54. The molecule has 1 amide bonds. The molecule has 6 nitrogen and oxygen atoms in total. The molecule has 6 rings (SSSR count). The van der Waals surface area contributed by atoms with Crippen molar-refractivity contribution in [1.82, 2.24) is 25.0 Å². The average Bonchev–Trinajstić information content (AvgIpc) is 3.33. The molecule has 27 heavy (non-hydrogen) atoms. The first-order chi connectivity index (χ1) is 13.2. The number of benzene rings is 1. The van der Waals surface area contributed by atoms with Crippen LogP contribution in [0.1, 0.15) is 30.1 Å². The van der Waals surface area contributed by atoms with Crippen LogP contribution >= 0.6 is 11.8 Å². The highest BCUT2D eigenvalue weighted by Crippen LogP contribution is 2.46. The maximum absolute atomic E-state index is 13.2. The number of amides is 1. The van der Waals surface area contributed by atoms with Crippen LogP contribution in [-0.2, 0) is 4.79 Å². The van der Waals surface area contributed by atoms with Gasteiger partial charge in [0.25, 0.3) is 0 Å². The van der Waals surface area contributed by atoms with E-state index in [9.17, 15) is 4.79 Å². The van der Waals surface area contributed by atoms with Gasteiger partial charge in [0.2, 0.25) is 11.1 Å². The molecule has 4 aliphatic heterocycles. The number of nitrogens with one attached hydrogen (secondary N) is 1. The Morgan fingerprint density at radius 3 is 2.70 bits per heavy atom. The SMILES string of the molecule is Cc1nc(SCC(=O)N2C[C@H](c3ccccc3)[C@H]3[C@@H]2C2CCN3CC2)n[nH]1. The van der Waals surface area contributed by atoms with Gasteiger partial charge in [-0.05, 0) is 44.3 Å². The van der Waals surface area contributed by atoms with E-state index in [1.165, 1.54) is 43.3 Å². The summed E-state index contributed by atoms with van der Waals surface area (Å²) in [4.78, 5) is 22.3. The molecule has 4 saturated heterocycles. The summed E-state index contributed by atoms with van der Waals surface area (Å²) < 4.78 is 0. The average molecular weight is 384 g/mol. The highest BCUT2D eigenvalue weighted by molar-refractivity contribution is 7.99. The fourth-order valence-corrected chi connectivity index (χ4v) is 6.02. The molecule has 1 aromatic carbocycles. The smallest absolute Gasteiger partial charge is 0.233 e. The van der Waals surface area contributed by atoms with Crippen LogP contribution in [0, 0.1) is 12.8 Å². The second kappa shape index (κ2) is 6.95. The van der Waals surface area contributed by atoms with Crippen LogP contribution in [0.3, 0.4) is 0 Å². The van der Waals surface area contributed by atoms with Crippen LogP contribution in [0.15, 0.2) is 35.5 Å². The Kier molecular flexibility index (Phi) is 4.44. The normalized spacial score (nSPS) is 31.9. The van der Waals surface area contributed by atoms with E-state index in [2.05, 4.69) is 55.3 Å². The van der Waals surface area contributed by atoms with Gasteiger partial charge in [-0.1, -0.05) is 42.1 Å². The Labute approximate surface area is 163 Å². The molecule has 0 unspecified atom stereocenters. The van der Waals surface area contributed by atoms with Crippen molar-refractivity contribution in [2.45, 2.75) is 42.9 Å². The summed E-state index contributed by atoms with van der Waals surface area (Å²) in [5.74, 6) is 2.49. The third-order valence-electron chi connectivity index (χ3n) is 6.44. The van der Waals surface area contributed by atoms with Gasteiger partial charge in [-0.3, -0.25) is 14.8 Å². The number of carbonyl (C=O) groups is 1. The number of hydrogen-bond donors (Lipinski definition) is 1. The zero-order chi connectivity index (χ0) is 18.4. The third-order valence-corrected chi connectivity index (χ3v) is 7.28. The van der Waals surface area contributed by atoms with E-state index >= 15 is 0 Å². The quantitative estimate of drug-likeness (QED) is 0.821. The lowest BCUT2D eigenvalue weighted by molar-refractivity contribution is -0.133. The van der Waals surface area contributed by atoms with Crippen LogP contribution in [0.4, 0.5) is 0 Å². The molecule has 0 spiro atoms. The van der Waals surface area contributed by atoms with E-state index in [4.69, 9.17) is 0 Å². The molecule has 2 bridgehead atoms. The maximum Gasteiger partial charge on any atom is 0.233 e. The minimum atomic E-state index is 0.227. The Balaban J connectivity index is 1.38. The largest absolute Gasteiger partial charge is 0.336 e. The van der Waals surface area contributed by atoms with E-state index in [-0.39, 0.29) is 5.91 Å². The molecular formula is C20H25N5OS. The molecule has 1 N–H and O–H groups in total. The summed E-state index contributed by atoms with van der Waals surface area (Å²) >= 11 is 1.43. The Morgan fingerprint density at radius 2 is 2.00 bits per heavy atom. The summed E-state index contributed by atoms with van der Waals surface area (Å²) in [5, 5.41) is 7.65. The molecule has 7 heteroatoms. The first kappa shape index (κ1) is 17.3. The maximum atomic E-state index is 13.2. The molecule has 142 valence electrons. The molecule has 3 atom stereocenters. The molecule has 4 aliphatic rings. The van der Waals surface area contributed by atoms with E-state index in [1.54, 1.807) is 0 Å². The van der Waals surface area contributed by atoms with Crippen molar-refractivity contribution >= 4 is 17.7 Å². The van der Waals surface area contributed by atoms with Crippen molar-refractivity contribution in [2.24, 2.45) is 5.92 Å². The number of nitrogens with zero attached hydrogens (tertiary/aromatic N) is 4. The summed E-state index contributed by atoms with van der Waals surface area (Å²) in [7, 11) is 0. The van der Waals surface area contributed by atoms with Gasteiger partial charge in [0, 0.05) is 18.5 Å². The summed E-state index contributed by atoms with van der Waals surface area (Å²) in [6.07, 6.45) is 2.44. The second-order valence-electron chi connectivity index (χ2n) is 7.91. The van der Waals surface area contributed by atoms with Crippen molar-refractivity contribution in [2.75, 3.05) is 25.4 Å². The molecule has 2 aromatic rings. The van der Waals surface area contributed by atoms with Gasteiger partial charge < -0.3 is 4.90 Å². The predicted molar refractivity (Wildman–Crippen MR) is 105 cm³/mol. The predicted octanol–water partition coefficient (Wildman–Crippen LogP) is 2.29. The van der Waals surface area contributed by atoms with Crippen molar-refractivity contribution in [3.8, 4) is 0 Å². The molecule has 0 radical (unpaired) electrons. The van der Waals surface area contributed by atoms with Gasteiger partial charge in [0.15, 0.2) is 0 Å². The highest BCUT2D eigenvalue weighted by atomic mass is 32.2. The van der Waals surface area contributed by atoms with Crippen LogP contribution in [0.25, 0.3) is 0 Å². The van der Waals surface area contributed by atoms with Crippen molar-refractivity contribution in [1.29, 1.82) is 0 Å². The van der Waals surface area contributed by atoms with E-state index in [0.717, 1.165) is 12.4 Å². The fraction of sp³-hybridized carbons (Fsp3) is 0.550. The number of aryl methyl sites for hydroxylation is 1. The van der Waals surface area contributed by atoms with Crippen LogP contribution in [-0.4, -0.2) is 68.4 Å². The molecule has 0 aliphatic carbocycles. The van der Waals surface area contributed by atoms with Gasteiger partial charge >= 0.3 is 0 Å². The minimum Gasteiger partial charge on any atom is -0.336 e. The van der Waals surface area contributed by atoms with Crippen LogP contribution < -0.4 is 0 Å². The first-order valence-electron chi connectivity index (χ1n) is 9.81. The number of piperidine rings is 3. The zero-order valence-corrected chi connectivity index (χ0v) is 16.4. The molecular weight excluding hydrogens is 358 g/mol. The Morgan fingerprint density at radius 1 is 1.22 bits per heavy atom. The lowest BCUT2D eigenvalue weighted by atomic mass is 9.75. The number of carbonyl (C=O) groups excluding carboxylic acids is 1. The first-order valence-corrected chi connectivity index (χ1v) is 10.8. The number of aromatic amines is 1. The summed E-state index contributed by atoms with van der Waals surface area (Å²) in [6.45, 7) is 5.07. The van der Waals surface area contributed by atoms with E-state index in [0.29, 0.717) is 34.8 Å². The van der Waals surface area contributed by atoms with Crippen LogP contribution in [0.5, 0.6) is 0 Å². The van der Waals surface area contributed by atoms with Crippen molar-refractivity contribution in [3.63, 3.8) is 0 Å². The number of hydrogen-bond acceptors (Lipinski definition) is 5. The Hall–Kier alpha value is -1.86. The van der Waals surface area contributed by atoms with Gasteiger partial charge in [-0.2, -0.15) is 0 Å². The van der Waals surface area contributed by atoms with Gasteiger partial charge in [0.1, 0.15) is 5.82 Å². The number of likely N-dealkylation sites (tertiary alicyclic amines) is 1. The number of fused-ring (bicyclic) bond motifs is 2. The zero-order valence-electron chi connectivity index (χ0n) is 15.5. The lowest BCUT2D eigenvalue weighted by Crippen LogP contribution is -2.60. The fourth-order valence-electron chi connectivity index (χ4n) is 5.29. The number of H-pyrrole nitrogens is 1. The minimum absolute atomic E-state index is 0.227. The van der Waals surface area contributed by atoms with Crippen molar-refractivity contribution in [3.05, 3.63) is 41.7 Å². The van der Waals surface area contributed by atoms with Gasteiger partial charge in [-0.15, -0.1) is 5.10 Å². The van der Waals surface area contributed by atoms with Crippen molar-refractivity contribution < 1.29 is 4.79 Å². The monoisotopic (exact) mass is 383 g/mol. The van der Waals surface area contributed by atoms with E-state index in [1.807, 2.05) is 6.92 Å². The Bertz CT molecular complexity index is 817. The van der Waals surface area contributed by atoms with Gasteiger partial charge in [-0.25, -0.2) is 4.98 Å². The molecule has 0 saturated carbocycles. The second-order valence-corrected chi connectivity index (χ2v) is 8.85. The molecule has 1 aromatic heterocycles. The summed E-state index contributed by atoms with van der Waals surface area (Å²) in [5.41, 5.74) is 1.37. The number of aromatic nitrogens is 3. The summed E-state index contributed by atoms with van der Waals surface area (Å²) in [6, 6.07) is 11.6. The van der Waals surface area contributed by atoms with Crippen LogP contribution in [0.2, 0.25) is 0 Å². The topological polar surface area (TPSA) is 65.1 Å². The number of thioether (sulfide) groups is 1. The number of rotatable bonds is 4. The third kappa shape index (κ3) is 3.06. The molecule has 4 fully saturated rings. The van der Waals surface area contributed by atoms with E-state index < -0.39 is 0 Å². The standard InChI is InChI=1S/C20H25N5OS/c1-13-21-20(23-22-13)27-12-17(26)25-11-16(14-5-3-2-4-6-14)19-18(25)15-7-9-24(19)10-8-15/h2-6,15-16,18-19H,7-12H2,1H3,(H,21,22,23)/t16-,18+,19+/m1/s1.